The summed E-state index contributed by atoms with van der Waals surface area (Å²) in [7, 11) is 1.36. The number of aliphatic imine (C=N–C) groups is 1. The summed E-state index contributed by atoms with van der Waals surface area (Å²) in [5.41, 5.74) is 0.442. The Morgan fingerprint density at radius 3 is 2.59 bits per heavy atom. The van der Waals surface area contributed by atoms with Crippen LogP contribution in [0, 0.1) is 12.8 Å². The zero-order chi connectivity index (χ0) is 20.5. The summed E-state index contributed by atoms with van der Waals surface area (Å²) in [6.07, 6.45) is 0. The highest BCUT2D eigenvalue weighted by Gasteiger charge is 2.24. The number of halogens is 1. The molecule has 0 radical (unpaired) electrons. The first-order chi connectivity index (χ1) is 13.5. The van der Waals surface area contributed by atoms with Crippen molar-refractivity contribution in [2.45, 2.75) is 40.3 Å². The van der Waals surface area contributed by atoms with Gasteiger partial charge in [-0.3, -0.25) is 4.90 Å². The van der Waals surface area contributed by atoms with E-state index in [2.05, 4.69) is 34.4 Å². The fraction of sp³-hybridized carbons (Fsp3) is 0.700. The number of ether oxygens (including phenoxy) is 2. The van der Waals surface area contributed by atoms with Crippen molar-refractivity contribution in [2.24, 2.45) is 10.9 Å². The highest BCUT2D eigenvalue weighted by molar-refractivity contribution is 14.0. The van der Waals surface area contributed by atoms with Gasteiger partial charge in [0.2, 0.25) is 0 Å². The van der Waals surface area contributed by atoms with Crippen LogP contribution >= 0.6 is 24.0 Å². The third kappa shape index (κ3) is 7.78. The van der Waals surface area contributed by atoms with Crippen LogP contribution < -0.4 is 10.6 Å². The summed E-state index contributed by atoms with van der Waals surface area (Å²) in [4.78, 5) is 18.8. The number of hydrogen-bond donors (Lipinski definition) is 2. The molecule has 1 aliphatic rings. The number of aryl methyl sites for hydroxylation is 1. The number of carbonyl (C=O) groups is 1. The van der Waals surface area contributed by atoms with Crippen molar-refractivity contribution >= 4 is 35.9 Å². The van der Waals surface area contributed by atoms with E-state index in [-0.39, 0.29) is 24.0 Å². The number of nitrogens with zero attached hydrogens (tertiary/aromatic N) is 2. The van der Waals surface area contributed by atoms with Gasteiger partial charge in [-0.05, 0) is 25.8 Å². The molecule has 1 unspecified atom stereocenters. The monoisotopic (exact) mass is 522 g/mol. The molecule has 1 aromatic rings. The minimum Gasteiger partial charge on any atom is -0.465 e. The number of hydrogen-bond acceptors (Lipinski definition) is 6. The molecule has 0 amide bonds. The second kappa shape index (κ2) is 13.1. The average molecular weight is 522 g/mol. The molecule has 1 saturated heterocycles. The molecule has 2 heterocycles. The van der Waals surface area contributed by atoms with Crippen molar-refractivity contribution in [1.82, 2.24) is 15.5 Å². The van der Waals surface area contributed by atoms with E-state index >= 15 is 0 Å². The third-order valence-corrected chi connectivity index (χ3v) is 4.87. The number of nitrogens with one attached hydrogen (secondary N) is 2. The van der Waals surface area contributed by atoms with Crippen molar-refractivity contribution in [2.75, 3.05) is 46.5 Å². The number of guanidine groups is 1. The maximum absolute atomic E-state index is 11.7. The van der Waals surface area contributed by atoms with Crippen molar-refractivity contribution in [3.05, 3.63) is 23.2 Å². The maximum Gasteiger partial charge on any atom is 0.341 e. The second-order valence-corrected chi connectivity index (χ2v) is 7.21. The minimum absolute atomic E-state index is 0. The van der Waals surface area contributed by atoms with Gasteiger partial charge in [0.1, 0.15) is 23.6 Å². The van der Waals surface area contributed by atoms with Crippen molar-refractivity contribution in [1.29, 1.82) is 0 Å². The number of morpholine rings is 1. The first kappa shape index (κ1) is 25.7. The van der Waals surface area contributed by atoms with Crippen LogP contribution in [-0.4, -0.2) is 69.4 Å². The van der Waals surface area contributed by atoms with Crippen LogP contribution in [0.25, 0.3) is 0 Å². The first-order valence-electron chi connectivity index (χ1n) is 9.97. The normalized spacial score (nSPS) is 16.3. The molecule has 29 heavy (non-hydrogen) atoms. The van der Waals surface area contributed by atoms with Gasteiger partial charge in [0.15, 0.2) is 5.96 Å². The van der Waals surface area contributed by atoms with E-state index in [1.165, 1.54) is 7.11 Å². The molecule has 0 aliphatic carbocycles. The summed E-state index contributed by atoms with van der Waals surface area (Å²) >= 11 is 0. The van der Waals surface area contributed by atoms with Gasteiger partial charge in [0.05, 0.1) is 20.3 Å². The number of methoxy groups -OCH3 is 1. The summed E-state index contributed by atoms with van der Waals surface area (Å²) in [6, 6.07) is 2.10. The fourth-order valence-electron chi connectivity index (χ4n) is 3.33. The van der Waals surface area contributed by atoms with Gasteiger partial charge in [-0.1, -0.05) is 13.8 Å². The van der Waals surface area contributed by atoms with Gasteiger partial charge in [-0.2, -0.15) is 0 Å². The predicted molar refractivity (Wildman–Crippen MR) is 124 cm³/mol. The van der Waals surface area contributed by atoms with Crippen LogP contribution in [-0.2, 0) is 16.0 Å². The smallest absolute Gasteiger partial charge is 0.341 e. The Hall–Kier alpha value is -1.33. The number of furan rings is 1. The van der Waals surface area contributed by atoms with Gasteiger partial charge in [-0.25, -0.2) is 9.79 Å². The summed E-state index contributed by atoms with van der Waals surface area (Å²) < 4.78 is 15.9. The molecule has 1 aromatic heterocycles. The molecule has 0 aromatic carbocycles. The van der Waals surface area contributed by atoms with E-state index in [1.54, 1.807) is 13.0 Å². The quantitative estimate of drug-likeness (QED) is 0.235. The largest absolute Gasteiger partial charge is 0.465 e. The van der Waals surface area contributed by atoms with Crippen LogP contribution in [0.5, 0.6) is 0 Å². The van der Waals surface area contributed by atoms with Crippen molar-refractivity contribution < 1.29 is 18.7 Å². The lowest BCUT2D eigenvalue weighted by atomic mass is 10.0. The van der Waals surface area contributed by atoms with Crippen molar-refractivity contribution in [3.63, 3.8) is 0 Å². The number of esters is 1. The van der Waals surface area contributed by atoms with Gasteiger partial charge >= 0.3 is 5.97 Å². The van der Waals surface area contributed by atoms with E-state index < -0.39 is 5.97 Å². The molecule has 0 saturated carbocycles. The van der Waals surface area contributed by atoms with Gasteiger partial charge in [0, 0.05) is 32.2 Å². The Morgan fingerprint density at radius 1 is 1.31 bits per heavy atom. The van der Waals surface area contributed by atoms with Gasteiger partial charge < -0.3 is 24.5 Å². The molecule has 1 atom stereocenters. The first-order valence-corrected chi connectivity index (χ1v) is 9.97. The molecule has 1 fully saturated rings. The molecule has 2 N–H and O–H groups in total. The standard InChI is InChI=1S/C20H34N4O4.HI/c1-6-21-20(22-12-16-11-17(15(4)28-16)19(25)26-5)23-13-18(14(2)3)24-7-9-27-10-8-24;/h11,14,18H,6-10,12-13H2,1-5H3,(H2,21,22,23);1H. The maximum atomic E-state index is 11.7. The highest BCUT2D eigenvalue weighted by atomic mass is 127. The third-order valence-electron chi connectivity index (χ3n) is 4.87. The molecule has 8 nitrogen and oxygen atoms in total. The SMILES string of the molecule is CCNC(=NCc1cc(C(=O)OC)c(C)o1)NCC(C(C)C)N1CCOCC1.I. The lowest BCUT2D eigenvalue weighted by Crippen LogP contribution is -2.52. The molecule has 0 bridgehead atoms. The molecule has 166 valence electrons. The Morgan fingerprint density at radius 2 is 2.00 bits per heavy atom. The Bertz CT molecular complexity index is 657. The Balaban J connectivity index is 0.00000420. The molecule has 1 aliphatic heterocycles. The van der Waals surface area contributed by atoms with Gasteiger partial charge in [0.25, 0.3) is 0 Å². The highest BCUT2D eigenvalue weighted by Crippen LogP contribution is 2.16. The van der Waals surface area contributed by atoms with E-state index in [0.717, 1.165) is 45.4 Å². The molecule has 2 rings (SSSR count). The summed E-state index contributed by atoms with van der Waals surface area (Å²) in [6.45, 7) is 13.7. The minimum atomic E-state index is -0.396. The lowest BCUT2D eigenvalue weighted by Gasteiger charge is -2.37. The fourth-order valence-corrected chi connectivity index (χ4v) is 3.33. The summed E-state index contributed by atoms with van der Waals surface area (Å²) in [5, 5.41) is 6.72. The van der Waals surface area contributed by atoms with Crippen LogP contribution in [0.3, 0.4) is 0 Å². The van der Waals surface area contributed by atoms with Crippen LogP contribution in [0.2, 0.25) is 0 Å². The molecular weight excluding hydrogens is 487 g/mol. The lowest BCUT2D eigenvalue weighted by molar-refractivity contribution is 0.00752. The van der Waals surface area contributed by atoms with Crippen molar-refractivity contribution in [3.8, 4) is 0 Å². The van der Waals surface area contributed by atoms with E-state index in [9.17, 15) is 4.79 Å². The number of rotatable bonds is 8. The Kier molecular flexibility index (Phi) is 11.6. The summed E-state index contributed by atoms with van der Waals surface area (Å²) in [5.74, 6) is 2.02. The van der Waals surface area contributed by atoms with Crippen LogP contribution in [0.15, 0.2) is 15.5 Å². The second-order valence-electron chi connectivity index (χ2n) is 7.21. The Labute approximate surface area is 190 Å². The van der Waals surface area contributed by atoms with Crippen LogP contribution in [0.4, 0.5) is 0 Å². The van der Waals surface area contributed by atoms with E-state index in [1.807, 2.05) is 6.92 Å². The molecular formula is C20H35IN4O4. The number of carbonyl (C=O) groups excluding carboxylic acids is 1. The van der Waals surface area contributed by atoms with E-state index in [0.29, 0.717) is 35.6 Å². The van der Waals surface area contributed by atoms with Gasteiger partial charge in [-0.15, -0.1) is 24.0 Å². The van der Waals surface area contributed by atoms with Crippen LogP contribution in [0.1, 0.15) is 42.6 Å². The molecule has 0 spiro atoms. The average Bonchev–Trinajstić information content (AvgIpc) is 3.06. The molecule has 9 heteroatoms. The topological polar surface area (TPSA) is 88.3 Å². The zero-order valence-corrected chi connectivity index (χ0v) is 20.4. The zero-order valence-electron chi connectivity index (χ0n) is 18.1. The predicted octanol–water partition coefficient (Wildman–Crippen LogP) is 2.40. The van der Waals surface area contributed by atoms with E-state index in [4.69, 9.17) is 13.9 Å².